The molecule has 4 N–H and O–H groups in total. The molecule has 0 saturated carbocycles. The van der Waals surface area contributed by atoms with Crippen LogP contribution in [0.4, 0.5) is 26.1 Å². The van der Waals surface area contributed by atoms with Crippen LogP contribution in [0.3, 0.4) is 0 Å². The van der Waals surface area contributed by atoms with Crippen LogP contribution in [0.1, 0.15) is 51.1 Å². The highest BCUT2D eigenvalue weighted by Crippen LogP contribution is 2.37. The molecule has 2 aromatic rings. The molecule has 33 heavy (non-hydrogen) atoms. The van der Waals surface area contributed by atoms with Crippen LogP contribution in [0.5, 0.6) is 0 Å². The minimum Gasteiger partial charge on any atom is -0.393 e. The Morgan fingerprint density at radius 1 is 1.24 bits per heavy atom. The Balaban J connectivity index is 1.92. The third-order valence-corrected chi connectivity index (χ3v) is 6.27. The molecule has 1 fully saturated rings. The first-order valence-electron chi connectivity index (χ1n) is 10.9. The van der Waals surface area contributed by atoms with E-state index in [0.29, 0.717) is 29.8 Å². The van der Waals surface area contributed by atoms with E-state index < -0.39 is 17.9 Å². The van der Waals surface area contributed by atoms with Crippen molar-refractivity contribution in [2.75, 3.05) is 34.5 Å². The molecule has 10 heteroatoms. The minimum absolute atomic E-state index is 0.0800. The lowest BCUT2D eigenvalue weighted by Gasteiger charge is -2.28. The fraction of sp³-hybridized carbons (Fsp3) is 0.522. The van der Waals surface area contributed by atoms with Crippen molar-refractivity contribution in [3.63, 3.8) is 0 Å². The molecule has 180 valence electrons. The molecule has 0 radical (unpaired) electrons. The number of halogens is 2. The van der Waals surface area contributed by atoms with E-state index in [4.69, 9.17) is 11.6 Å². The summed E-state index contributed by atoms with van der Waals surface area (Å²) in [5, 5.41) is 1.53. The standard InChI is InChI=1S/C23H32F2N6OS/c1-15(32)33-12-9-16-7-5-6-8-17(16)13-31(27)20-18(26)19(28-21(29-20)22(2,3)4)30-11-10-23(24,25)14-30/h5-8H,9-14,26-27H2,1-4H3. The average molecular weight is 479 g/mol. The number of anilines is 3. The summed E-state index contributed by atoms with van der Waals surface area (Å²) < 4.78 is 27.8. The van der Waals surface area contributed by atoms with Crippen molar-refractivity contribution < 1.29 is 13.6 Å². The Kier molecular flexibility index (Phi) is 7.48. The second-order valence-electron chi connectivity index (χ2n) is 9.37. The fourth-order valence-corrected chi connectivity index (χ4v) is 4.29. The second-order valence-corrected chi connectivity index (χ2v) is 10.6. The van der Waals surface area contributed by atoms with Crippen molar-refractivity contribution in [2.24, 2.45) is 5.84 Å². The molecule has 1 saturated heterocycles. The molecule has 0 bridgehead atoms. The van der Waals surface area contributed by atoms with Gasteiger partial charge in [-0.05, 0) is 17.5 Å². The molecule has 1 aromatic heterocycles. The van der Waals surface area contributed by atoms with Crippen LogP contribution in [0.2, 0.25) is 0 Å². The van der Waals surface area contributed by atoms with E-state index in [9.17, 15) is 13.6 Å². The molecule has 2 heterocycles. The highest BCUT2D eigenvalue weighted by atomic mass is 32.2. The zero-order chi connectivity index (χ0) is 24.4. The molecular formula is C23H32F2N6OS. The first-order valence-corrected chi connectivity index (χ1v) is 11.9. The van der Waals surface area contributed by atoms with Crippen LogP contribution in [-0.4, -0.2) is 39.8 Å². The third kappa shape index (κ3) is 6.32. The van der Waals surface area contributed by atoms with Gasteiger partial charge in [-0.25, -0.2) is 24.6 Å². The van der Waals surface area contributed by atoms with Gasteiger partial charge in [0.1, 0.15) is 11.5 Å². The summed E-state index contributed by atoms with van der Waals surface area (Å²) in [6.45, 7) is 7.46. The van der Waals surface area contributed by atoms with Gasteiger partial charge in [0, 0.05) is 31.1 Å². The minimum atomic E-state index is -2.78. The molecule has 0 amide bonds. The number of hydrogen-bond donors (Lipinski definition) is 2. The first kappa shape index (κ1) is 25.2. The maximum atomic E-state index is 13.9. The van der Waals surface area contributed by atoms with Crippen LogP contribution >= 0.6 is 11.8 Å². The van der Waals surface area contributed by atoms with Crippen LogP contribution in [0.25, 0.3) is 0 Å². The highest BCUT2D eigenvalue weighted by Gasteiger charge is 2.40. The topological polar surface area (TPSA) is 101 Å². The van der Waals surface area contributed by atoms with Gasteiger partial charge in [-0.2, -0.15) is 0 Å². The van der Waals surface area contributed by atoms with Crippen LogP contribution < -0.4 is 21.5 Å². The fourth-order valence-electron chi connectivity index (χ4n) is 3.68. The Labute approximate surface area is 197 Å². The van der Waals surface area contributed by atoms with E-state index in [-0.39, 0.29) is 23.8 Å². The Morgan fingerprint density at radius 3 is 2.48 bits per heavy atom. The normalized spacial score (nSPS) is 15.7. The Bertz CT molecular complexity index is 1010. The van der Waals surface area contributed by atoms with E-state index in [1.807, 2.05) is 45.0 Å². The third-order valence-electron chi connectivity index (χ3n) is 5.45. The van der Waals surface area contributed by atoms with E-state index in [2.05, 4.69) is 9.97 Å². The summed E-state index contributed by atoms with van der Waals surface area (Å²) in [6.07, 6.45) is 0.476. The second kappa shape index (κ2) is 9.80. The number of thioether (sulfide) groups is 1. The quantitative estimate of drug-likeness (QED) is 0.456. The molecule has 0 unspecified atom stereocenters. The number of hydrogen-bond acceptors (Lipinski definition) is 8. The van der Waals surface area contributed by atoms with Crippen molar-refractivity contribution in [3.8, 4) is 0 Å². The van der Waals surface area contributed by atoms with Gasteiger partial charge in [0.05, 0.1) is 13.1 Å². The number of hydrazine groups is 1. The van der Waals surface area contributed by atoms with Gasteiger partial charge >= 0.3 is 0 Å². The van der Waals surface area contributed by atoms with Crippen molar-refractivity contribution in [3.05, 3.63) is 41.2 Å². The maximum Gasteiger partial charge on any atom is 0.266 e. The predicted molar refractivity (Wildman–Crippen MR) is 131 cm³/mol. The molecule has 1 aliphatic rings. The van der Waals surface area contributed by atoms with E-state index in [0.717, 1.165) is 17.5 Å². The Morgan fingerprint density at radius 2 is 1.91 bits per heavy atom. The van der Waals surface area contributed by atoms with Gasteiger partial charge in [0.25, 0.3) is 5.92 Å². The maximum absolute atomic E-state index is 13.9. The van der Waals surface area contributed by atoms with Gasteiger partial charge in [0.2, 0.25) is 0 Å². The summed E-state index contributed by atoms with van der Waals surface area (Å²) in [5.74, 6) is 5.43. The number of nitrogen functional groups attached to an aromatic ring is 1. The summed E-state index contributed by atoms with van der Waals surface area (Å²) >= 11 is 1.28. The van der Waals surface area contributed by atoms with Gasteiger partial charge in [-0.1, -0.05) is 56.8 Å². The van der Waals surface area contributed by atoms with Gasteiger partial charge < -0.3 is 10.6 Å². The van der Waals surface area contributed by atoms with Crippen LogP contribution in [0.15, 0.2) is 24.3 Å². The number of rotatable bonds is 7. The van der Waals surface area contributed by atoms with E-state index in [1.165, 1.54) is 21.7 Å². The summed E-state index contributed by atoms with van der Waals surface area (Å²) in [4.78, 5) is 22.0. The first-order chi connectivity index (χ1) is 15.4. The molecular weight excluding hydrogens is 446 g/mol. The monoisotopic (exact) mass is 478 g/mol. The number of carbonyl (C=O) groups is 1. The summed E-state index contributed by atoms with van der Waals surface area (Å²) in [5.41, 5.74) is 8.21. The largest absolute Gasteiger partial charge is 0.393 e. The van der Waals surface area contributed by atoms with Crippen molar-refractivity contribution in [2.45, 2.75) is 58.4 Å². The van der Waals surface area contributed by atoms with Crippen molar-refractivity contribution in [1.82, 2.24) is 9.97 Å². The average Bonchev–Trinajstić information content (AvgIpc) is 3.07. The molecule has 1 aromatic carbocycles. The van der Waals surface area contributed by atoms with Crippen LogP contribution in [0, 0.1) is 0 Å². The van der Waals surface area contributed by atoms with Gasteiger partial charge in [-0.15, -0.1) is 0 Å². The lowest BCUT2D eigenvalue weighted by molar-refractivity contribution is -0.109. The smallest absolute Gasteiger partial charge is 0.266 e. The Hall–Kier alpha value is -2.46. The molecule has 0 spiro atoms. The number of aryl methyl sites for hydroxylation is 1. The molecule has 7 nitrogen and oxygen atoms in total. The van der Waals surface area contributed by atoms with Gasteiger partial charge in [0.15, 0.2) is 16.8 Å². The number of alkyl halides is 2. The van der Waals surface area contributed by atoms with E-state index in [1.54, 1.807) is 6.92 Å². The molecule has 1 aliphatic heterocycles. The van der Waals surface area contributed by atoms with Crippen molar-refractivity contribution in [1.29, 1.82) is 0 Å². The van der Waals surface area contributed by atoms with Gasteiger partial charge in [-0.3, -0.25) is 9.80 Å². The number of benzene rings is 1. The SMILES string of the molecule is CC(=O)SCCc1ccccc1CN(N)c1nc(C(C)(C)C)nc(N2CCC(F)(F)C2)c1N. The lowest BCUT2D eigenvalue weighted by Crippen LogP contribution is -2.35. The lowest BCUT2D eigenvalue weighted by atomic mass is 9.95. The number of nitrogens with zero attached hydrogens (tertiary/aromatic N) is 4. The highest BCUT2D eigenvalue weighted by molar-refractivity contribution is 8.13. The molecule has 0 atom stereocenters. The van der Waals surface area contributed by atoms with Crippen molar-refractivity contribution >= 4 is 34.2 Å². The van der Waals surface area contributed by atoms with Crippen LogP contribution in [-0.2, 0) is 23.2 Å². The number of aromatic nitrogens is 2. The van der Waals surface area contributed by atoms with E-state index >= 15 is 0 Å². The molecule has 3 rings (SSSR count). The predicted octanol–water partition coefficient (Wildman–Crippen LogP) is 3.90. The number of nitrogens with two attached hydrogens (primary N) is 2. The molecule has 0 aliphatic carbocycles. The summed E-state index contributed by atoms with van der Waals surface area (Å²) in [6, 6.07) is 7.84. The zero-order valence-corrected chi connectivity index (χ0v) is 20.4. The zero-order valence-electron chi connectivity index (χ0n) is 19.6. The number of carbonyl (C=O) groups excluding carboxylic acids is 1. The summed E-state index contributed by atoms with van der Waals surface area (Å²) in [7, 11) is 0.